The molecule has 1 heterocycles. The molecule has 0 radical (unpaired) electrons. The molecule has 0 aliphatic carbocycles. The maximum Gasteiger partial charge on any atom is 0.261 e. The van der Waals surface area contributed by atoms with Crippen molar-refractivity contribution in [2.45, 2.75) is 38.8 Å². The lowest BCUT2D eigenvalue weighted by Crippen LogP contribution is -2.66. The number of pyridine rings is 1. The Balaban J connectivity index is 1.56. The Hall–Kier alpha value is -4.07. The minimum atomic E-state index is -2.94. The first-order valence-electron chi connectivity index (χ1n) is 15.8. The first-order valence-corrected chi connectivity index (χ1v) is 18.5. The third-order valence-corrected chi connectivity index (χ3v) is 14.5. The minimum absolute atomic E-state index is 0.198. The van der Waals surface area contributed by atoms with E-state index in [1.165, 1.54) is 22.8 Å². The van der Waals surface area contributed by atoms with Crippen LogP contribution in [0.1, 0.15) is 31.9 Å². The van der Waals surface area contributed by atoms with Crippen LogP contribution >= 0.6 is 23.2 Å². The lowest BCUT2D eigenvalue weighted by Gasteiger charge is -2.43. The van der Waals surface area contributed by atoms with E-state index in [9.17, 15) is 13.6 Å². The van der Waals surface area contributed by atoms with Gasteiger partial charge >= 0.3 is 0 Å². The van der Waals surface area contributed by atoms with Crippen LogP contribution in [0.3, 0.4) is 0 Å². The van der Waals surface area contributed by atoms with Gasteiger partial charge in [0.25, 0.3) is 13.9 Å². The fraction of sp³-hybridized carbons (Fsp3) is 0.175. The van der Waals surface area contributed by atoms with Crippen molar-refractivity contribution in [3.63, 3.8) is 0 Å². The van der Waals surface area contributed by atoms with Crippen LogP contribution in [0.4, 0.5) is 8.78 Å². The van der Waals surface area contributed by atoms with Gasteiger partial charge in [-0.3, -0.25) is 4.79 Å². The predicted octanol–water partition coefficient (Wildman–Crippen LogP) is 9.42. The molecule has 0 spiro atoms. The van der Waals surface area contributed by atoms with Gasteiger partial charge < -0.3 is 8.99 Å². The molecule has 8 heteroatoms. The molecule has 5 aromatic carbocycles. The van der Waals surface area contributed by atoms with E-state index in [-0.39, 0.29) is 35.7 Å². The smallest absolute Gasteiger partial charge is 0.261 e. The second-order valence-corrected chi connectivity index (χ2v) is 18.0. The van der Waals surface area contributed by atoms with Crippen LogP contribution in [0.25, 0.3) is 22.0 Å². The van der Waals surface area contributed by atoms with Crippen molar-refractivity contribution in [3.8, 4) is 11.1 Å². The standard InChI is InChI=1S/C40H35Cl2F2NO2Si/c1-40(2,3)48(28-13-6-4-7-14-28,29-15-8-5-9-16-29)47-24-23-31-38(30-17-10-11-18-34(30)42)32-25-27(41)21-22-37(32)45(39(31)46)26-33-35(43)19-12-20-36(33)44/h4-22,25H,23-24,26H2,1-3H3. The van der Waals surface area contributed by atoms with Gasteiger partial charge in [0.05, 0.1) is 12.1 Å². The first kappa shape index (κ1) is 33.8. The van der Waals surface area contributed by atoms with Crippen molar-refractivity contribution in [2.75, 3.05) is 6.61 Å². The molecule has 244 valence electrons. The Morgan fingerprint density at radius 1 is 0.729 bits per heavy atom. The number of fused-ring (bicyclic) bond motifs is 1. The van der Waals surface area contributed by atoms with E-state index >= 15 is 0 Å². The molecule has 0 bridgehead atoms. The van der Waals surface area contributed by atoms with Crippen LogP contribution in [0, 0.1) is 11.6 Å². The Kier molecular flexibility index (Phi) is 9.73. The lowest BCUT2D eigenvalue weighted by atomic mass is 9.94. The summed E-state index contributed by atoms with van der Waals surface area (Å²) in [7, 11) is -2.94. The molecule has 6 rings (SSSR count). The summed E-state index contributed by atoms with van der Waals surface area (Å²) in [5.41, 5.74) is 1.61. The summed E-state index contributed by atoms with van der Waals surface area (Å²) in [5, 5.41) is 3.52. The highest BCUT2D eigenvalue weighted by Gasteiger charge is 2.50. The van der Waals surface area contributed by atoms with Crippen LogP contribution < -0.4 is 15.9 Å². The Morgan fingerprint density at radius 3 is 1.90 bits per heavy atom. The average molecular weight is 699 g/mol. The molecule has 48 heavy (non-hydrogen) atoms. The average Bonchev–Trinajstić information content (AvgIpc) is 3.07. The second kappa shape index (κ2) is 13.8. The van der Waals surface area contributed by atoms with Crippen LogP contribution in [0.5, 0.6) is 0 Å². The highest BCUT2D eigenvalue weighted by atomic mass is 35.5. The molecule has 0 atom stereocenters. The Labute approximate surface area is 290 Å². The van der Waals surface area contributed by atoms with Crippen LogP contribution in [0.15, 0.2) is 126 Å². The van der Waals surface area contributed by atoms with Gasteiger partial charge in [0, 0.05) is 50.7 Å². The van der Waals surface area contributed by atoms with Crippen LogP contribution in [-0.2, 0) is 17.4 Å². The second-order valence-electron chi connectivity index (χ2n) is 12.8. The molecule has 0 aliphatic rings. The zero-order valence-corrected chi connectivity index (χ0v) is 29.5. The van der Waals surface area contributed by atoms with E-state index in [0.29, 0.717) is 37.6 Å². The number of benzene rings is 5. The summed E-state index contributed by atoms with van der Waals surface area (Å²) in [4.78, 5) is 14.7. The van der Waals surface area contributed by atoms with E-state index in [0.717, 1.165) is 10.4 Å². The van der Waals surface area contributed by atoms with E-state index in [1.54, 1.807) is 24.3 Å². The zero-order valence-electron chi connectivity index (χ0n) is 26.9. The summed E-state index contributed by atoms with van der Waals surface area (Å²) >= 11 is 13.4. The van der Waals surface area contributed by atoms with Crippen molar-refractivity contribution in [2.24, 2.45) is 0 Å². The molecule has 3 nitrogen and oxygen atoms in total. The Morgan fingerprint density at radius 2 is 1.31 bits per heavy atom. The van der Waals surface area contributed by atoms with Gasteiger partial charge in [-0.1, -0.05) is 129 Å². The van der Waals surface area contributed by atoms with Crippen molar-refractivity contribution < 1.29 is 13.2 Å². The fourth-order valence-electron chi connectivity index (χ4n) is 6.76. The highest BCUT2D eigenvalue weighted by molar-refractivity contribution is 6.99. The van der Waals surface area contributed by atoms with Crippen LogP contribution in [0.2, 0.25) is 15.1 Å². The van der Waals surface area contributed by atoms with Gasteiger partial charge in [0.2, 0.25) is 0 Å². The van der Waals surface area contributed by atoms with Crippen LogP contribution in [-0.4, -0.2) is 19.5 Å². The largest absolute Gasteiger partial charge is 0.407 e. The summed E-state index contributed by atoms with van der Waals surface area (Å²) in [5.74, 6) is -1.45. The molecular formula is C40H35Cl2F2NO2Si. The molecule has 0 saturated heterocycles. The number of aromatic nitrogens is 1. The fourth-order valence-corrected chi connectivity index (χ4v) is 11.7. The SMILES string of the molecule is CC(C)(C)[Si](OCCc1c(-c2ccccc2Cl)c2cc(Cl)ccc2n(Cc2c(F)cccc2F)c1=O)(c1ccccc1)c1ccccc1. The quantitative estimate of drug-likeness (QED) is 0.141. The summed E-state index contributed by atoms with van der Waals surface area (Å²) in [6, 6.07) is 36.7. The predicted molar refractivity (Wildman–Crippen MR) is 196 cm³/mol. The monoisotopic (exact) mass is 697 g/mol. The number of hydrogen-bond acceptors (Lipinski definition) is 2. The molecule has 1 aromatic heterocycles. The van der Waals surface area contributed by atoms with Crippen molar-refractivity contribution in [1.82, 2.24) is 4.57 Å². The Bertz CT molecular complexity index is 2090. The summed E-state index contributed by atoms with van der Waals surface area (Å²) in [6.45, 7) is 6.49. The van der Waals surface area contributed by atoms with Gasteiger partial charge in [0.15, 0.2) is 0 Å². The van der Waals surface area contributed by atoms with E-state index in [4.69, 9.17) is 27.6 Å². The molecule has 0 aliphatic heterocycles. The maximum absolute atomic E-state index is 15.0. The zero-order chi connectivity index (χ0) is 34.1. The number of halogens is 4. The van der Waals surface area contributed by atoms with Crippen molar-refractivity contribution in [1.29, 1.82) is 0 Å². The number of nitrogens with zero attached hydrogens (tertiary/aromatic N) is 1. The van der Waals surface area contributed by atoms with Gasteiger partial charge in [0.1, 0.15) is 11.6 Å². The minimum Gasteiger partial charge on any atom is -0.407 e. The molecule has 0 fully saturated rings. The first-order chi connectivity index (χ1) is 23.0. The third kappa shape index (κ3) is 6.26. The topological polar surface area (TPSA) is 31.2 Å². The van der Waals surface area contributed by atoms with Gasteiger partial charge in [-0.2, -0.15) is 0 Å². The summed E-state index contributed by atoms with van der Waals surface area (Å²) in [6.07, 6.45) is 0.214. The molecule has 0 N–H and O–H groups in total. The maximum atomic E-state index is 15.0. The van der Waals surface area contributed by atoms with Crippen molar-refractivity contribution in [3.05, 3.63) is 164 Å². The summed E-state index contributed by atoms with van der Waals surface area (Å²) < 4.78 is 38.6. The van der Waals surface area contributed by atoms with E-state index in [1.807, 2.05) is 54.6 Å². The normalized spacial score (nSPS) is 12.1. The third-order valence-electron chi connectivity index (χ3n) is 8.93. The van der Waals surface area contributed by atoms with Gasteiger partial charge in [-0.05, 0) is 51.8 Å². The van der Waals surface area contributed by atoms with E-state index in [2.05, 4.69) is 45.0 Å². The molecule has 0 unspecified atom stereocenters. The highest BCUT2D eigenvalue weighted by Crippen LogP contribution is 2.39. The lowest BCUT2D eigenvalue weighted by molar-refractivity contribution is 0.301. The number of hydrogen-bond donors (Lipinski definition) is 0. The van der Waals surface area contributed by atoms with Gasteiger partial charge in [-0.25, -0.2) is 8.78 Å². The molecule has 0 amide bonds. The molecule has 0 saturated carbocycles. The molecular weight excluding hydrogens is 663 g/mol. The molecule has 6 aromatic rings. The van der Waals surface area contributed by atoms with Crippen molar-refractivity contribution >= 4 is 52.8 Å². The van der Waals surface area contributed by atoms with Gasteiger partial charge in [-0.15, -0.1) is 0 Å². The van der Waals surface area contributed by atoms with E-state index < -0.39 is 20.0 Å². The number of rotatable bonds is 9.